The highest BCUT2D eigenvalue weighted by Crippen LogP contribution is 2.39. The molecule has 1 nitrogen and oxygen atoms in total. The SMILES string of the molecule is CCCCCC1CCC(CCC2=Cc3cc(F)c(-c4ccc(OC(F)(F)F)cc4)c(F)c3CC2)CC1. The fourth-order valence-corrected chi connectivity index (χ4v) is 5.81. The van der Waals surface area contributed by atoms with Crippen LogP contribution in [0.25, 0.3) is 17.2 Å². The van der Waals surface area contributed by atoms with Gasteiger partial charge in [-0.3, -0.25) is 0 Å². The molecule has 36 heavy (non-hydrogen) atoms. The van der Waals surface area contributed by atoms with Crippen LogP contribution >= 0.6 is 0 Å². The van der Waals surface area contributed by atoms with E-state index < -0.39 is 23.7 Å². The van der Waals surface area contributed by atoms with E-state index in [2.05, 4.69) is 11.7 Å². The molecule has 2 aliphatic carbocycles. The molecule has 0 atom stereocenters. The number of ether oxygens (including phenoxy) is 1. The Morgan fingerprint density at radius 1 is 0.889 bits per heavy atom. The third-order valence-electron chi connectivity index (χ3n) is 7.84. The first-order valence-corrected chi connectivity index (χ1v) is 13.3. The number of benzene rings is 2. The summed E-state index contributed by atoms with van der Waals surface area (Å²) in [5.41, 5.74) is 2.26. The van der Waals surface area contributed by atoms with Gasteiger partial charge in [-0.25, -0.2) is 8.78 Å². The zero-order valence-corrected chi connectivity index (χ0v) is 20.9. The highest BCUT2D eigenvalue weighted by molar-refractivity contribution is 5.71. The predicted octanol–water partition coefficient (Wildman–Crippen LogP) is 10.0. The third kappa shape index (κ3) is 6.89. The molecule has 4 rings (SSSR count). The minimum Gasteiger partial charge on any atom is -0.406 e. The first-order chi connectivity index (χ1) is 17.2. The van der Waals surface area contributed by atoms with Gasteiger partial charge in [0.05, 0.1) is 5.56 Å². The van der Waals surface area contributed by atoms with Crippen molar-refractivity contribution in [3.8, 4) is 16.9 Å². The maximum atomic E-state index is 15.3. The summed E-state index contributed by atoms with van der Waals surface area (Å²) < 4.78 is 71.3. The standard InChI is InChI=1S/C30H35F5O/c1-2-3-4-5-20-6-8-21(9-7-20)10-11-22-12-17-26-24(18-22)19-27(31)28(29(26)32)23-13-15-25(16-14-23)36-30(33,34)35/h13-16,18-21H,2-12,17H2,1H3. The minimum atomic E-state index is -4.82. The molecule has 0 aromatic heterocycles. The van der Waals surface area contributed by atoms with E-state index in [0.717, 1.165) is 43.2 Å². The summed E-state index contributed by atoms with van der Waals surface area (Å²) in [6.07, 6.45) is 11.1. The van der Waals surface area contributed by atoms with Gasteiger partial charge in [-0.2, -0.15) is 0 Å². The van der Waals surface area contributed by atoms with E-state index in [9.17, 15) is 17.6 Å². The highest BCUT2D eigenvalue weighted by Gasteiger charge is 2.31. The Bertz CT molecular complexity index is 1050. The number of halogens is 5. The second-order valence-corrected chi connectivity index (χ2v) is 10.4. The summed E-state index contributed by atoms with van der Waals surface area (Å²) in [5.74, 6) is -0.139. The van der Waals surface area contributed by atoms with E-state index in [4.69, 9.17) is 0 Å². The molecule has 0 radical (unpaired) electrons. The molecule has 0 heterocycles. The van der Waals surface area contributed by atoms with E-state index in [1.807, 2.05) is 6.08 Å². The fourth-order valence-electron chi connectivity index (χ4n) is 5.81. The molecule has 0 unspecified atom stereocenters. The average Bonchev–Trinajstić information content (AvgIpc) is 2.83. The van der Waals surface area contributed by atoms with Crippen LogP contribution in [0.5, 0.6) is 5.75 Å². The lowest BCUT2D eigenvalue weighted by molar-refractivity contribution is -0.274. The van der Waals surface area contributed by atoms with Crippen molar-refractivity contribution in [1.29, 1.82) is 0 Å². The lowest BCUT2D eigenvalue weighted by Gasteiger charge is -2.29. The average molecular weight is 507 g/mol. The second-order valence-electron chi connectivity index (χ2n) is 10.4. The molecule has 2 aliphatic rings. The third-order valence-corrected chi connectivity index (χ3v) is 7.84. The predicted molar refractivity (Wildman–Crippen MR) is 134 cm³/mol. The van der Waals surface area contributed by atoms with Gasteiger partial charge in [-0.05, 0) is 72.4 Å². The summed E-state index contributed by atoms with van der Waals surface area (Å²) in [7, 11) is 0. The van der Waals surface area contributed by atoms with Gasteiger partial charge >= 0.3 is 6.36 Å². The molecule has 0 saturated heterocycles. The molecule has 0 N–H and O–H groups in total. The second kappa shape index (κ2) is 11.8. The maximum absolute atomic E-state index is 15.3. The van der Waals surface area contributed by atoms with Gasteiger partial charge in [-0.15, -0.1) is 13.2 Å². The van der Waals surface area contributed by atoms with Crippen molar-refractivity contribution in [1.82, 2.24) is 0 Å². The molecule has 2 aromatic carbocycles. The number of unbranched alkanes of at least 4 members (excludes halogenated alkanes) is 2. The zero-order valence-electron chi connectivity index (χ0n) is 20.9. The molecule has 1 saturated carbocycles. The van der Waals surface area contributed by atoms with E-state index in [-0.39, 0.29) is 11.1 Å². The van der Waals surface area contributed by atoms with Crippen molar-refractivity contribution in [3.63, 3.8) is 0 Å². The molecular formula is C30H35F5O. The van der Waals surface area contributed by atoms with E-state index in [1.165, 1.54) is 75.1 Å². The Morgan fingerprint density at radius 3 is 2.19 bits per heavy atom. The first kappa shape index (κ1) is 26.7. The molecule has 0 bridgehead atoms. The van der Waals surface area contributed by atoms with Gasteiger partial charge < -0.3 is 4.74 Å². The van der Waals surface area contributed by atoms with Gasteiger partial charge in [0.25, 0.3) is 0 Å². The Morgan fingerprint density at radius 2 is 1.56 bits per heavy atom. The Labute approximate surface area is 210 Å². The van der Waals surface area contributed by atoms with Crippen molar-refractivity contribution in [2.75, 3.05) is 0 Å². The fraction of sp³-hybridized carbons (Fsp3) is 0.533. The van der Waals surface area contributed by atoms with Crippen LogP contribution in [-0.4, -0.2) is 6.36 Å². The van der Waals surface area contributed by atoms with E-state index >= 15 is 4.39 Å². The Balaban J connectivity index is 1.38. The van der Waals surface area contributed by atoms with Crippen LogP contribution in [-0.2, 0) is 6.42 Å². The van der Waals surface area contributed by atoms with Crippen LogP contribution in [0.3, 0.4) is 0 Å². The number of hydrogen-bond donors (Lipinski definition) is 0. The molecule has 1 fully saturated rings. The summed E-state index contributed by atoms with van der Waals surface area (Å²) in [5, 5.41) is 0. The van der Waals surface area contributed by atoms with Gasteiger partial charge in [0.2, 0.25) is 0 Å². The molecule has 196 valence electrons. The number of rotatable bonds is 9. The molecule has 0 amide bonds. The quantitative estimate of drug-likeness (QED) is 0.243. The van der Waals surface area contributed by atoms with Crippen molar-refractivity contribution in [2.45, 2.75) is 90.3 Å². The van der Waals surface area contributed by atoms with Crippen LogP contribution in [0.4, 0.5) is 22.0 Å². The minimum absolute atomic E-state index is 0.183. The molecule has 0 spiro atoms. The Kier molecular flexibility index (Phi) is 8.74. The van der Waals surface area contributed by atoms with Crippen molar-refractivity contribution in [2.24, 2.45) is 11.8 Å². The molecule has 6 heteroatoms. The van der Waals surface area contributed by atoms with Gasteiger partial charge in [0, 0.05) is 0 Å². The molecule has 2 aromatic rings. The maximum Gasteiger partial charge on any atom is 0.573 e. The number of fused-ring (bicyclic) bond motifs is 1. The van der Waals surface area contributed by atoms with Crippen molar-refractivity contribution >= 4 is 6.08 Å². The lowest BCUT2D eigenvalue weighted by atomic mass is 9.77. The van der Waals surface area contributed by atoms with Gasteiger partial charge in [0.15, 0.2) is 0 Å². The number of allylic oxidation sites excluding steroid dienone is 1. The normalized spacial score (nSPS) is 20.1. The van der Waals surface area contributed by atoms with Gasteiger partial charge in [-0.1, -0.05) is 82.1 Å². The summed E-state index contributed by atoms with van der Waals surface area (Å²) in [6, 6.07) is 5.99. The number of alkyl halides is 3. The molecular weight excluding hydrogens is 471 g/mol. The van der Waals surface area contributed by atoms with E-state index in [1.54, 1.807) is 0 Å². The first-order valence-electron chi connectivity index (χ1n) is 13.3. The van der Waals surface area contributed by atoms with Crippen molar-refractivity contribution < 1.29 is 26.7 Å². The van der Waals surface area contributed by atoms with Crippen LogP contribution in [0.1, 0.15) is 88.7 Å². The Hall–Kier alpha value is -2.37. The smallest absolute Gasteiger partial charge is 0.406 e. The zero-order chi connectivity index (χ0) is 25.7. The summed E-state index contributed by atoms with van der Waals surface area (Å²) in [6.45, 7) is 2.25. The largest absolute Gasteiger partial charge is 0.573 e. The number of hydrogen-bond acceptors (Lipinski definition) is 1. The van der Waals surface area contributed by atoms with Gasteiger partial charge in [0.1, 0.15) is 17.4 Å². The topological polar surface area (TPSA) is 9.23 Å². The van der Waals surface area contributed by atoms with Crippen molar-refractivity contribution in [3.05, 3.63) is 58.7 Å². The molecule has 0 aliphatic heterocycles. The summed E-state index contributed by atoms with van der Waals surface area (Å²) in [4.78, 5) is 0. The van der Waals surface area contributed by atoms with Crippen LogP contribution in [0, 0.1) is 23.5 Å². The monoisotopic (exact) mass is 506 g/mol. The van der Waals surface area contributed by atoms with E-state index in [0.29, 0.717) is 17.5 Å². The van der Waals surface area contributed by atoms with Crippen LogP contribution in [0.15, 0.2) is 35.9 Å². The van der Waals surface area contributed by atoms with Crippen LogP contribution < -0.4 is 4.74 Å². The van der Waals surface area contributed by atoms with Crippen LogP contribution in [0.2, 0.25) is 0 Å². The lowest BCUT2D eigenvalue weighted by Crippen LogP contribution is -2.17. The summed E-state index contributed by atoms with van der Waals surface area (Å²) >= 11 is 0. The highest BCUT2D eigenvalue weighted by atomic mass is 19.4.